The van der Waals surface area contributed by atoms with Crippen LogP contribution in [0.15, 0.2) is 29.6 Å². The molecule has 0 saturated carbocycles. The summed E-state index contributed by atoms with van der Waals surface area (Å²) >= 11 is 1.50. The molecule has 146 valence electrons. The molecular weight excluding hydrogens is 356 g/mol. The number of carbonyl (C=O) groups is 1. The van der Waals surface area contributed by atoms with Gasteiger partial charge in [0.15, 0.2) is 5.13 Å². The maximum absolute atomic E-state index is 12.5. The molecule has 0 atom stereocenters. The highest BCUT2D eigenvalue weighted by Gasteiger charge is 2.14. The van der Waals surface area contributed by atoms with Crippen LogP contribution in [-0.2, 0) is 6.54 Å². The van der Waals surface area contributed by atoms with Gasteiger partial charge in [0, 0.05) is 36.8 Å². The van der Waals surface area contributed by atoms with Crippen molar-refractivity contribution in [2.75, 3.05) is 36.9 Å². The number of piperidine rings is 1. The van der Waals surface area contributed by atoms with Gasteiger partial charge in [0.25, 0.3) is 5.91 Å². The molecule has 1 saturated heterocycles. The van der Waals surface area contributed by atoms with Crippen LogP contribution in [0.25, 0.3) is 0 Å². The van der Waals surface area contributed by atoms with Crippen molar-refractivity contribution in [3.8, 4) is 0 Å². The summed E-state index contributed by atoms with van der Waals surface area (Å²) in [5.41, 5.74) is 2.85. The smallest absolute Gasteiger partial charge is 0.257 e. The molecule has 1 aromatic heterocycles. The van der Waals surface area contributed by atoms with Gasteiger partial charge in [-0.2, -0.15) is 0 Å². The zero-order valence-electron chi connectivity index (χ0n) is 16.4. The van der Waals surface area contributed by atoms with Crippen LogP contribution >= 0.6 is 11.3 Å². The van der Waals surface area contributed by atoms with Crippen molar-refractivity contribution >= 4 is 28.1 Å². The number of likely N-dealkylation sites (tertiary alicyclic amines) is 1. The van der Waals surface area contributed by atoms with Crippen LogP contribution in [0, 0.1) is 0 Å². The number of nitrogens with zero attached hydrogens (tertiary/aromatic N) is 3. The lowest BCUT2D eigenvalue weighted by atomic mass is 10.1. The number of hydrogen-bond donors (Lipinski definition) is 1. The first-order chi connectivity index (χ1) is 13.2. The number of unbranched alkanes of at least 4 members (excludes halogenated alkanes) is 1. The number of thiazole rings is 1. The monoisotopic (exact) mass is 386 g/mol. The lowest BCUT2D eigenvalue weighted by molar-refractivity contribution is 0.102. The summed E-state index contributed by atoms with van der Waals surface area (Å²) in [5, 5.41) is 5.66. The molecule has 0 aliphatic carbocycles. The van der Waals surface area contributed by atoms with Crippen LogP contribution in [0.4, 0.5) is 10.8 Å². The molecular formula is C21H30N4OS. The lowest BCUT2D eigenvalue weighted by Gasteiger charge is -2.25. The molecule has 1 aliphatic heterocycles. The number of aromatic nitrogens is 1. The fraction of sp³-hybridized carbons (Fsp3) is 0.524. The van der Waals surface area contributed by atoms with E-state index in [9.17, 15) is 4.79 Å². The molecule has 1 aromatic carbocycles. The topological polar surface area (TPSA) is 48.5 Å². The van der Waals surface area contributed by atoms with Crippen LogP contribution in [0.1, 0.15) is 55.1 Å². The van der Waals surface area contributed by atoms with Crippen LogP contribution in [0.5, 0.6) is 0 Å². The van der Waals surface area contributed by atoms with E-state index < -0.39 is 0 Å². The highest BCUT2D eigenvalue weighted by atomic mass is 32.1. The average molecular weight is 387 g/mol. The number of benzene rings is 1. The Morgan fingerprint density at radius 3 is 2.67 bits per heavy atom. The first kappa shape index (κ1) is 19.8. The van der Waals surface area contributed by atoms with Crippen LogP contribution in [-0.4, -0.2) is 42.5 Å². The summed E-state index contributed by atoms with van der Waals surface area (Å²) in [7, 11) is 2.09. The fourth-order valence-electron chi connectivity index (χ4n) is 3.34. The predicted molar refractivity (Wildman–Crippen MR) is 114 cm³/mol. The molecule has 27 heavy (non-hydrogen) atoms. The summed E-state index contributed by atoms with van der Waals surface area (Å²) in [6.45, 7) is 6.40. The summed E-state index contributed by atoms with van der Waals surface area (Å²) < 4.78 is 0. The van der Waals surface area contributed by atoms with Gasteiger partial charge in [0.2, 0.25) is 0 Å². The molecule has 1 aliphatic rings. The maximum atomic E-state index is 12.5. The van der Waals surface area contributed by atoms with E-state index in [1.807, 2.05) is 24.3 Å². The summed E-state index contributed by atoms with van der Waals surface area (Å²) in [6, 6.07) is 7.78. The molecule has 2 aromatic rings. The molecule has 0 spiro atoms. The third-order valence-electron chi connectivity index (χ3n) is 5.02. The molecule has 0 bridgehead atoms. The van der Waals surface area contributed by atoms with Crippen molar-refractivity contribution in [3.63, 3.8) is 0 Å². The van der Waals surface area contributed by atoms with Crippen molar-refractivity contribution < 1.29 is 4.79 Å². The van der Waals surface area contributed by atoms with E-state index in [1.54, 1.807) is 0 Å². The number of amides is 1. The Balaban J connectivity index is 1.54. The molecule has 1 N–H and O–H groups in total. The minimum absolute atomic E-state index is 0.100. The largest absolute Gasteiger partial charge is 0.375 e. The quantitative estimate of drug-likeness (QED) is 0.719. The Kier molecular flexibility index (Phi) is 7.24. The first-order valence-electron chi connectivity index (χ1n) is 9.95. The van der Waals surface area contributed by atoms with Crippen molar-refractivity contribution in [1.82, 2.24) is 9.88 Å². The summed E-state index contributed by atoms with van der Waals surface area (Å²) in [5.74, 6) is -0.100. The van der Waals surface area contributed by atoms with Gasteiger partial charge in [0.1, 0.15) is 0 Å². The molecule has 5 nitrogen and oxygen atoms in total. The third-order valence-corrected chi connectivity index (χ3v) is 5.83. The number of anilines is 2. The van der Waals surface area contributed by atoms with Crippen molar-refractivity contribution in [3.05, 3.63) is 40.9 Å². The minimum Gasteiger partial charge on any atom is -0.375 e. The lowest BCUT2D eigenvalue weighted by Crippen LogP contribution is -2.29. The Bertz CT molecular complexity index is 722. The molecule has 1 fully saturated rings. The third kappa shape index (κ3) is 5.78. The van der Waals surface area contributed by atoms with Crippen molar-refractivity contribution in [2.24, 2.45) is 0 Å². The van der Waals surface area contributed by atoms with Gasteiger partial charge < -0.3 is 4.90 Å². The van der Waals surface area contributed by atoms with Crippen molar-refractivity contribution in [2.45, 2.75) is 45.6 Å². The SMILES string of the molecule is CCCCN(C)c1ccc(C(=O)Nc2nc(CN3CCCCC3)cs2)cc1. The van der Waals surface area contributed by atoms with Gasteiger partial charge in [0.05, 0.1) is 5.69 Å². The number of nitrogens with one attached hydrogen (secondary N) is 1. The summed E-state index contributed by atoms with van der Waals surface area (Å²) in [6.07, 6.45) is 6.23. The molecule has 6 heteroatoms. The molecule has 2 heterocycles. The van der Waals surface area contributed by atoms with Crippen LogP contribution < -0.4 is 10.2 Å². The highest BCUT2D eigenvalue weighted by molar-refractivity contribution is 7.13. The van der Waals surface area contributed by atoms with E-state index in [0.29, 0.717) is 10.7 Å². The molecule has 0 unspecified atom stereocenters. The average Bonchev–Trinajstić information content (AvgIpc) is 3.13. The van der Waals surface area contributed by atoms with E-state index in [2.05, 4.69) is 39.5 Å². The number of rotatable bonds is 8. The second-order valence-corrected chi connectivity index (χ2v) is 8.12. The van der Waals surface area contributed by atoms with Gasteiger partial charge in [-0.3, -0.25) is 15.0 Å². The van der Waals surface area contributed by atoms with E-state index in [1.165, 1.54) is 43.4 Å². The van der Waals surface area contributed by atoms with E-state index in [4.69, 9.17) is 0 Å². The Hall–Kier alpha value is -1.92. The predicted octanol–water partition coefficient (Wildman–Crippen LogP) is 4.62. The zero-order chi connectivity index (χ0) is 19.1. The standard InChI is InChI=1S/C21H30N4OS/c1-3-4-12-24(2)19-10-8-17(9-11-19)20(26)23-21-22-18(16-27-21)15-25-13-6-5-7-14-25/h8-11,16H,3-7,12-15H2,1-2H3,(H,22,23,26). The van der Waals surface area contributed by atoms with Gasteiger partial charge in [-0.1, -0.05) is 19.8 Å². The maximum Gasteiger partial charge on any atom is 0.257 e. The van der Waals surface area contributed by atoms with Crippen molar-refractivity contribution in [1.29, 1.82) is 0 Å². The molecule has 0 radical (unpaired) electrons. The Labute approximate surface area is 166 Å². The van der Waals surface area contributed by atoms with E-state index in [-0.39, 0.29) is 5.91 Å². The van der Waals surface area contributed by atoms with Gasteiger partial charge in [-0.15, -0.1) is 11.3 Å². The van der Waals surface area contributed by atoms with Gasteiger partial charge >= 0.3 is 0 Å². The zero-order valence-corrected chi connectivity index (χ0v) is 17.2. The Morgan fingerprint density at radius 1 is 1.22 bits per heavy atom. The van der Waals surface area contributed by atoms with Gasteiger partial charge in [-0.05, 0) is 56.6 Å². The second-order valence-electron chi connectivity index (χ2n) is 7.26. The normalized spacial score (nSPS) is 14.9. The molecule has 1 amide bonds. The number of hydrogen-bond acceptors (Lipinski definition) is 5. The van der Waals surface area contributed by atoms with Gasteiger partial charge in [-0.25, -0.2) is 4.98 Å². The van der Waals surface area contributed by atoms with E-state index >= 15 is 0 Å². The minimum atomic E-state index is -0.100. The van der Waals surface area contributed by atoms with Crippen LogP contribution in [0.3, 0.4) is 0 Å². The fourth-order valence-corrected chi connectivity index (χ4v) is 4.04. The van der Waals surface area contributed by atoms with E-state index in [0.717, 1.165) is 37.6 Å². The summed E-state index contributed by atoms with van der Waals surface area (Å²) in [4.78, 5) is 21.7. The second kappa shape index (κ2) is 9.85. The number of carbonyl (C=O) groups excluding carboxylic acids is 1. The first-order valence-corrected chi connectivity index (χ1v) is 10.8. The Morgan fingerprint density at radius 2 is 1.96 bits per heavy atom. The van der Waals surface area contributed by atoms with Crippen LogP contribution in [0.2, 0.25) is 0 Å². The highest BCUT2D eigenvalue weighted by Crippen LogP contribution is 2.20. The molecule has 3 rings (SSSR count).